The first-order chi connectivity index (χ1) is 8.91. The second-order valence-corrected chi connectivity index (χ2v) is 4.71. The molecule has 0 aromatic heterocycles. The molecule has 0 saturated carbocycles. The number of anilines is 1. The molecule has 1 aromatic carbocycles. The van der Waals surface area contributed by atoms with Crippen molar-refractivity contribution in [3.63, 3.8) is 0 Å². The highest BCUT2D eigenvalue weighted by Gasteiger charge is 2.16. The summed E-state index contributed by atoms with van der Waals surface area (Å²) >= 11 is 11.5. The minimum Gasteiger partial charge on any atom is -0.379 e. The summed E-state index contributed by atoms with van der Waals surface area (Å²) in [4.78, 5) is 20.9. The van der Waals surface area contributed by atoms with Crippen LogP contribution in [0.15, 0.2) is 12.1 Å². The van der Waals surface area contributed by atoms with Gasteiger partial charge in [0, 0.05) is 19.0 Å². The number of nitrogens with zero attached hydrogens (tertiary/aromatic N) is 1. The molecule has 1 aromatic rings. The van der Waals surface area contributed by atoms with Crippen LogP contribution in [0.5, 0.6) is 0 Å². The fourth-order valence-electron chi connectivity index (χ4n) is 1.48. The van der Waals surface area contributed by atoms with Gasteiger partial charge in [0.1, 0.15) is 5.69 Å². The Labute approximate surface area is 120 Å². The van der Waals surface area contributed by atoms with Crippen molar-refractivity contribution in [1.82, 2.24) is 0 Å². The third-order valence-electron chi connectivity index (χ3n) is 2.40. The lowest BCUT2D eigenvalue weighted by molar-refractivity contribution is -0.383. The highest BCUT2D eigenvalue weighted by atomic mass is 35.5. The average Bonchev–Trinajstić information content (AvgIpc) is 2.32. The summed E-state index contributed by atoms with van der Waals surface area (Å²) in [6.45, 7) is 0.478. The van der Waals surface area contributed by atoms with Crippen LogP contribution in [-0.2, 0) is 4.79 Å². The number of nitrogens with two attached hydrogens (primary N) is 1. The van der Waals surface area contributed by atoms with Crippen LogP contribution in [0.25, 0.3) is 0 Å². The van der Waals surface area contributed by atoms with Crippen molar-refractivity contribution < 1.29 is 9.72 Å². The van der Waals surface area contributed by atoms with E-state index in [1.54, 1.807) is 0 Å². The Balaban J connectivity index is 2.64. The van der Waals surface area contributed by atoms with Gasteiger partial charge in [-0.3, -0.25) is 14.9 Å². The number of primary amides is 1. The van der Waals surface area contributed by atoms with Crippen LogP contribution < -0.4 is 11.1 Å². The van der Waals surface area contributed by atoms with Crippen molar-refractivity contribution in [1.29, 1.82) is 0 Å². The Bertz CT molecular complexity index is 494. The smallest absolute Gasteiger partial charge is 0.293 e. The van der Waals surface area contributed by atoms with E-state index in [9.17, 15) is 14.9 Å². The number of carbonyl (C=O) groups excluding carboxylic acids is 1. The molecule has 0 bridgehead atoms. The highest BCUT2D eigenvalue weighted by molar-refractivity contribution is 6.42. The molecule has 0 aliphatic rings. The number of nitro benzene ring substituents is 1. The molecule has 19 heavy (non-hydrogen) atoms. The van der Waals surface area contributed by atoms with Crippen LogP contribution >= 0.6 is 23.2 Å². The zero-order valence-corrected chi connectivity index (χ0v) is 11.5. The Morgan fingerprint density at radius 2 is 1.95 bits per heavy atom. The number of nitro groups is 1. The molecule has 0 heterocycles. The molecule has 3 N–H and O–H groups in total. The second kappa shape index (κ2) is 7.16. The van der Waals surface area contributed by atoms with Crippen molar-refractivity contribution in [2.45, 2.75) is 19.3 Å². The maximum absolute atomic E-state index is 10.9. The maximum atomic E-state index is 10.9. The molecule has 1 rings (SSSR count). The van der Waals surface area contributed by atoms with Crippen LogP contribution in [0.1, 0.15) is 19.3 Å². The number of hydrogen-bond acceptors (Lipinski definition) is 4. The fraction of sp³-hybridized carbons (Fsp3) is 0.364. The van der Waals surface area contributed by atoms with Crippen molar-refractivity contribution in [3.05, 3.63) is 32.3 Å². The number of hydrogen-bond donors (Lipinski definition) is 2. The van der Waals surface area contributed by atoms with Gasteiger partial charge in [0.25, 0.3) is 5.69 Å². The molecule has 0 aliphatic heterocycles. The summed E-state index contributed by atoms with van der Waals surface area (Å²) in [5.74, 6) is -0.361. The molecule has 8 heteroatoms. The molecular weight excluding hydrogens is 293 g/mol. The van der Waals surface area contributed by atoms with Crippen molar-refractivity contribution in [2.75, 3.05) is 11.9 Å². The minimum absolute atomic E-state index is 0.132. The fourth-order valence-corrected chi connectivity index (χ4v) is 1.80. The van der Waals surface area contributed by atoms with E-state index in [0.717, 1.165) is 0 Å². The van der Waals surface area contributed by atoms with E-state index in [4.69, 9.17) is 28.9 Å². The zero-order chi connectivity index (χ0) is 14.4. The Morgan fingerprint density at radius 1 is 1.32 bits per heavy atom. The average molecular weight is 306 g/mol. The van der Waals surface area contributed by atoms with Crippen LogP contribution in [-0.4, -0.2) is 17.4 Å². The molecule has 0 atom stereocenters. The van der Waals surface area contributed by atoms with Gasteiger partial charge in [-0.2, -0.15) is 0 Å². The first-order valence-corrected chi connectivity index (χ1v) is 6.33. The summed E-state index contributed by atoms with van der Waals surface area (Å²) in [6.07, 6.45) is 1.59. The van der Waals surface area contributed by atoms with Crippen LogP contribution in [0.2, 0.25) is 10.0 Å². The lowest BCUT2D eigenvalue weighted by Crippen LogP contribution is -2.11. The molecule has 0 radical (unpaired) electrons. The summed E-state index contributed by atoms with van der Waals surface area (Å²) in [5.41, 5.74) is 5.17. The Morgan fingerprint density at radius 3 is 2.53 bits per heavy atom. The Kier molecular flexibility index (Phi) is 5.85. The molecule has 0 unspecified atom stereocenters. The molecule has 0 spiro atoms. The van der Waals surface area contributed by atoms with Crippen LogP contribution in [0, 0.1) is 10.1 Å². The van der Waals surface area contributed by atoms with Crippen molar-refractivity contribution >= 4 is 40.5 Å². The number of rotatable bonds is 7. The second-order valence-electron chi connectivity index (χ2n) is 3.89. The third-order valence-corrected chi connectivity index (χ3v) is 3.12. The standard InChI is InChI=1S/C11H13Cl2N3O3/c12-7-5-9(10(16(18)19)6-8(7)13)15-4-2-1-3-11(14)17/h5-6,15H,1-4H2,(H2,14,17). The number of carbonyl (C=O) groups is 1. The van der Waals surface area contributed by atoms with Gasteiger partial charge < -0.3 is 11.1 Å². The Hall–Kier alpha value is -1.53. The maximum Gasteiger partial charge on any atom is 0.293 e. The van der Waals surface area contributed by atoms with Gasteiger partial charge in [-0.25, -0.2) is 0 Å². The van der Waals surface area contributed by atoms with Gasteiger partial charge in [-0.05, 0) is 18.9 Å². The molecular formula is C11H13Cl2N3O3. The van der Waals surface area contributed by atoms with Gasteiger partial charge in [0.05, 0.1) is 15.0 Å². The van der Waals surface area contributed by atoms with Gasteiger partial charge in [-0.15, -0.1) is 0 Å². The highest BCUT2D eigenvalue weighted by Crippen LogP contribution is 2.33. The predicted octanol–water partition coefficient (Wildman–Crippen LogP) is 2.97. The number of amides is 1. The van der Waals surface area contributed by atoms with Crippen LogP contribution in [0.4, 0.5) is 11.4 Å². The monoisotopic (exact) mass is 305 g/mol. The first kappa shape index (κ1) is 15.5. The van der Waals surface area contributed by atoms with E-state index in [-0.39, 0.29) is 21.6 Å². The molecule has 0 saturated heterocycles. The lowest BCUT2D eigenvalue weighted by atomic mass is 10.2. The zero-order valence-electron chi connectivity index (χ0n) is 9.99. The molecule has 1 amide bonds. The van der Waals surface area contributed by atoms with E-state index in [1.165, 1.54) is 12.1 Å². The summed E-state index contributed by atoms with van der Waals surface area (Å²) in [6, 6.07) is 2.62. The van der Waals surface area contributed by atoms with E-state index < -0.39 is 4.92 Å². The number of benzene rings is 1. The predicted molar refractivity (Wildman–Crippen MR) is 74.7 cm³/mol. The summed E-state index contributed by atoms with van der Waals surface area (Å²) in [7, 11) is 0. The molecule has 104 valence electrons. The van der Waals surface area contributed by atoms with Gasteiger partial charge in [0.15, 0.2) is 0 Å². The minimum atomic E-state index is -0.534. The molecule has 0 fully saturated rings. The largest absolute Gasteiger partial charge is 0.379 e. The van der Waals surface area contributed by atoms with Crippen LogP contribution in [0.3, 0.4) is 0 Å². The van der Waals surface area contributed by atoms with Gasteiger partial charge in [-0.1, -0.05) is 23.2 Å². The van der Waals surface area contributed by atoms with Crippen molar-refractivity contribution in [3.8, 4) is 0 Å². The molecule has 6 nitrogen and oxygen atoms in total. The quantitative estimate of drug-likeness (QED) is 0.459. The normalized spacial score (nSPS) is 10.2. The summed E-state index contributed by atoms with van der Waals surface area (Å²) < 4.78 is 0. The lowest BCUT2D eigenvalue weighted by Gasteiger charge is -2.08. The van der Waals surface area contributed by atoms with E-state index in [2.05, 4.69) is 5.32 Å². The molecule has 0 aliphatic carbocycles. The third kappa shape index (κ3) is 4.92. The van der Waals surface area contributed by atoms with E-state index in [0.29, 0.717) is 31.5 Å². The number of unbranched alkanes of at least 4 members (excludes halogenated alkanes) is 1. The SMILES string of the molecule is NC(=O)CCCCNc1cc(Cl)c(Cl)cc1[N+](=O)[O-]. The topological polar surface area (TPSA) is 98.3 Å². The van der Waals surface area contributed by atoms with Gasteiger partial charge in [0.2, 0.25) is 5.91 Å². The summed E-state index contributed by atoms with van der Waals surface area (Å²) in [5, 5.41) is 14.1. The first-order valence-electron chi connectivity index (χ1n) is 5.57. The van der Waals surface area contributed by atoms with E-state index >= 15 is 0 Å². The van der Waals surface area contributed by atoms with Crippen molar-refractivity contribution in [2.24, 2.45) is 5.73 Å². The number of nitrogens with one attached hydrogen (secondary N) is 1. The number of halogens is 2. The van der Waals surface area contributed by atoms with E-state index in [1.807, 2.05) is 0 Å². The van der Waals surface area contributed by atoms with Gasteiger partial charge >= 0.3 is 0 Å².